The molecule has 16 heavy (non-hydrogen) atoms. The highest BCUT2D eigenvalue weighted by molar-refractivity contribution is 7.89. The van der Waals surface area contributed by atoms with Crippen LogP contribution in [0.3, 0.4) is 0 Å². The van der Waals surface area contributed by atoms with Crippen molar-refractivity contribution >= 4 is 10.0 Å². The SMILES string of the molecule is CCCCS(=O)(=O)N1CCCC(CCN)C1. The largest absolute Gasteiger partial charge is 0.330 e. The first-order valence-corrected chi connectivity index (χ1v) is 7.89. The molecule has 0 spiro atoms. The Bertz CT molecular complexity index is 288. The molecular formula is C11H24N2O2S. The zero-order valence-corrected chi connectivity index (χ0v) is 11.0. The van der Waals surface area contributed by atoms with Crippen molar-refractivity contribution in [1.29, 1.82) is 0 Å². The molecule has 0 aromatic rings. The summed E-state index contributed by atoms with van der Waals surface area (Å²) in [6.07, 6.45) is 4.74. The van der Waals surface area contributed by atoms with E-state index in [9.17, 15) is 8.42 Å². The van der Waals surface area contributed by atoms with Gasteiger partial charge in [0, 0.05) is 13.1 Å². The molecule has 1 saturated heterocycles. The molecule has 1 rings (SSSR count). The van der Waals surface area contributed by atoms with Gasteiger partial charge in [-0.25, -0.2) is 12.7 Å². The molecular weight excluding hydrogens is 224 g/mol. The van der Waals surface area contributed by atoms with E-state index in [4.69, 9.17) is 5.73 Å². The zero-order chi connectivity index (χ0) is 12.0. The molecule has 0 radical (unpaired) electrons. The van der Waals surface area contributed by atoms with Crippen LogP contribution in [0.2, 0.25) is 0 Å². The summed E-state index contributed by atoms with van der Waals surface area (Å²) >= 11 is 0. The summed E-state index contributed by atoms with van der Waals surface area (Å²) in [7, 11) is -3.00. The van der Waals surface area contributed by atoms with Crippen LogP contribution in [0.5, 0.6) is 0 Å². The molecule has 0 saturated carbocycles. The maximum atomic E-state index is 12.0. The topological polar surface area (TPSA) is 63.4 Å². The lowest BCUT2D eigenvalue weighted by Crippen LogP contribution is -2.41. The van der Waals surface area contributed by atoms with Crippen molar-refractivity contribution < 1.29 is 8.42 Å². The minimum Gasteiger partial charge on any atom is -0.330 e. The number of nitrogens with two attached hydrogens (primary N) is 1. The van der Waals surface area contributed by atoms with Crippen molar-refractivity contribution in [1.82, 2.24) is 4.31 Å². The van der Waals surface area contributed by atoms with Gasteiger partial charge in [-0.2, -0.15) is 0 Å². The number of rotatable bonds is 6. The second kappa shape index (κ2) is 6.57. The average molecular weight is 248 g/mol. The second-order valence-corrected chi connectivity index (χ2v) is 6.70. The van der Waals surface area contributed by atoms with Crippen LogP contribution in [0.15, 0.2) is 0 Å². The second-order valence-electron chi connectivity index (χ2n) is 4.61. The molecule has 4 nitrogen and oxygen atoms in total. The van der Waals surface area contributed by atoms with Crippen molar-refractivity contribution in [3.05, 3.63) is 0 Å². The van der Waals surface area contributed by atoms with Gasteiger partial charge in [0.05, 0.1) is 5.75 Å². The lowest BCUT2D eigenvalue weighted by molar-refractivity contribution is 0.258. The number of hydrogen-bond acceptors (Lipinski definition) is 3. The van der Waals surface area contributed by atoms with E-state index in [-0.39, 0.29) is 0 Å². The molecule has 1 atom stereocenters. The number of sulfonamides is 1. The molecule has 0 aliphatic carbocycles. The lowest BCUT2D eigenvalue weighted by Gasteiger charge is -2.31. The quantitative estimate of drug-likeness (QED) is 0.767. The van der Waals surface area contributed by atoms with Gasteiger partial charge in [-0.1, -0.05) is 13.3 Å². The van der Waals surface area contributed by atoms with Crippen LogP contribution in [0.4, 0.5) is 0 Å². The Morgan fingerprint density at radius 1 is 1.44 bits per heavy atom. The van der Waals surface area contributed by atoms with Gasteiger partial charge < -0.3 is 5.73 Å². The van der Waals surface area contributed by atoms with E-state index in [1.54, 1.807) is 4.31 Å². The Balaban J connectivity index is 2.52. The highest BCUT2D eigenvalue weighted by atomic mass is 32.2. The number of hydrogen-bond donors (Lipinski definition) is 1. The third-order valence-corrected chi connectivity index (χ3v) is 5.13. The van der Waals surface area contributed by atoms with Gasteiger partial charge in [-0.3, -0.25) is 0 Å². The van der Waals surface area contributed by atoms with E-state index in [1.807, 2.05) is 6.92 Å². The van der Waals surface area contributed by atoms with E-state index in [0.717, 1.165) is 32.1 Å². The smallest absolute Gasteiger partial charge is 0.214 e. The first kappa shape index (κ1) is 13.9. The molecule has 1 aliphatic rings. The number of piperidine rings is 1. The summed E-state index contributed by atoms with van der Waals surface area (Å²) in [6, 6.07) is 0. The fourth-order valence-electron chi connectivity index (χ4n) is 2.21. The average Bonchev–Trinajstić information content (AvgIpc) is 2.27. The van der Waals surface area contributed by atoms with E-state index < -0.39 is 10.0 Å². The minimum atomic E-state index is -3.00. The summed E-state index contributed by atoms with van der Waals surface area (Å²) < 4.78 is 25.7. The third-order valence-electron chi connectivity index (χ3n) is 3.21. The van der Waals surface area contributed by atoms with E-state index in [2.05, 4.69) is 0 Å². The Morgan fingerprint density at radius 3 is 2.81 bits per heavy atom. The lowest BCUT2D eigenvalue weighted by atomic mass is 9.96. The normalized spacial score (nSPS) is 23.5. The van der Waals surface area contributed by atoms with Crippen LogP contribution < -0.4 is 5.73 Å². The van der Waals surface area contributed by atoms with Gasteiger partial charge >= 0.3 is 0 Å². The highest BCUT2D eigenvalue weighted by Gasteiger charge is 2.27. The van der Waals surface area contributed by atoms with Gasteiger partial charge in [0.2, 0.25) is 10.0 Å². The summed E-state index contributed by atoms with van der Waals surface area (Å²) in [4.78, 5) is 0. The zero-order valence-electron chi connectivity index (χ0n) is 10.2. The monoisotopic (exact) mass is 248 g/mol. The van der Waals surface area contributed by atoms with Crippen LogP contribution in [0, 0.1) is 5.92 Å². The highest BCUT2D eigenvalue weighted by Crippen LogP contribution is 2.21. The van der Waals surface area contributed by atoms with Crippen molar-refractivity contribution in [2.75, 3.05) is 25.4 Å². The molecule has 5 heteroatoms. The van der Waals surface area contributed by atoms with Gasteiger partial charge in [0.1, 0.15) is 0 Å². The summed E-state index contributed by atoms with van der Waals surface area (Å²) in [5.74, 6) is 0.772. The standard InChI is InChI=1S/C11H24N2O2S/c1-2-3-9-16(14,15)13-8-4-5-11(10-13)6-7-12/h11H,2-10,12H2,1H3. The number of nitrogens with zero attached hydrogens (tertiary/aromatic N) is 1. The molecule has 96 valence electrons. The molecule has 0 amide bonds. The molecule has 0 aromatic heterocycles. The van der Waals surface area contributed by atoms with Crippen LogP contribution in [0.25, 0.3) is 0 Å². The maximum Gasteiger partial charge on any atom is 0.214 e. The molecule has 1 aliphatic heterocycles. The molecule has 1 heterocycles. The first-order chi connectivity index (χ1) is 7.60. The van der Waals surface area contributed by atoms with Crippen molar-refractivity contribution in [3.63, 3.8) is 0 Å². The Hall–Kier alpha value is -0.130. The molecule has 2 N–H and O–H groups in total. The van der Waals surface area contributed by atoms with Gasteiger partial charge in [-0.15, -0.1) is 0 Å². The Morgan fingerprint density at radius 2 is 2.19 bits per heavy atom. The first-order valence-electron chi connectivity index (χ1n) is 6.28. The van der Waals surface area contributed by atoms with Crippen LogP contribution in [-0.4, -0.2) is 38.1 Å². The van der Waals surface area contributed by atoms with E-state index >= 15 is 0 Å². The number of unbranched alkanes of at least 4 members (excludes halogenated alkanes) is 1. The molecule has 1 unspecified atom stereocenters. The van der Waals surface area contributed by atoms with Crippen LogP contribution >= 0.6 is 0 Å². The van der Waals surface area contributed by atoms with E-state index in [0.29, 0.717) is 31.3 Å². The molecule has 0 aromatic carbocycles. The molecule has 1 fully saturated rings. The minimum absolute atomic E-state index is 0.304. The third kappa shape index (κ3) is 4.03. The predicted octanol–water partition coefficient (Wildman–Crippen LogP) is 1.18. The van der Waals surface area contributed by atoms with E-state index in [1.165, 1.54) is 0 Å². The van der Waals surface area contributed by atoms with Crippen LogP contribution in [0.1, 0.15) is 39.0 Å². The predicted molar refractivity (Wildman–Crippen MR) is 66.7 cm³/mol. The maximum absolute atomic E-state index is 12.0. The van der Waals surface area contributed by atoms with Gasteiger partial charge in [-0.05, 0) is 38.1 Å². The summed E-state index contributed by atoms with van der Waals surface area (Å²) in [5.41, 5.74) is 5.53. The summed E-state index contributed by atoms with van der Waals surface area (Å²) in [5, 5.41) is 0. The Labute approximate surface area is 99.2 Å². The summed E-state index contributed by atoms with van der Waals surface area (Å²) in [6.45, 7) is 4.06. The van der Waals surface area contributed by atoms with Crippen molar-refractivity contribution in [2.45, 2.75) is 39.0 Å². The van der Waals surface area contributed by atoms with Crippen molar-refractivity contribution in [2.24, 2.45) is 11.7 Å². The van der Waals surface area contributed by atoms with Crippen LogP contribution in [-0.2, 0) is 10.0 Å². The fraction of sp³-hybridized carbons (Fsp3) is 1.00. The molecule has 0 bridgehead atoms. The Kier molecular flexibility index (Phi) is 5.72. The van der Waals surface area contributed by atoms with Crippen molar-refractivity contribution in [3.8, 4) is 0 Å². The fourth-order valence-corrected chi connectivity index (χ4v) is 3.96. The van der Waals surface area contributed by atoms with Gasteiger partial charge in [0.25, 0.3) is 0 Å². The van der Waals surface area contributed by atoms with Gasteiger partial charge in [0.15, 0.2) is 0 Å².